The molecule has 0 aliphatic carbocycles. The zero-order valence-electron chi connectivity index (χ0n) is 14.5. The van der Waals surface area contributed by atoms with E-state index in [1.54, 1.807) is 6.20 Å². The van der Waals surface area contributed by atoms with E-state index in [-0.39, 0.29) is 12.0 Å². The second-order valence-corrected chi connectivity index (χ2v) is 6.37. The van der Waals surface area contributed by atoms with E-state index in [1.807, 2.05) is 19.2 Å². The Bertz CT molecular complexity index is 480. The molecule has 2 rings (SSSR count). The molecule has 3 atom stereocenters. The Morgan fingerprint density at radius 3 is 3.09 bits per heavy atom. The number of nitrogens with one attached hydrogen (secondary N) is 1. The Morgan fingerprint density at radius 2 is 2.39 bits per heavy atom. The fourth-order valence-electron chi connectivity index (χ4n) is 3.17. The smallest absolute Gasteiger partial charge is 0.248 e. The van der Waals surface area contributed by atoms with Crippen LogP contribution in [-0.2, 0) is 9.53 Å². The third kappa shape index (κ3) is 5.01. The van der Waals surface area contributed by atoms with Gasteiger partial charge in [0, 0.05) is 31.6 Å². The van der Waals surface area contributed by atoms with E-state index in [4.69, 9.17) is 4.74 Å². The van der Waals surface area contributed by atoms with Gasteiger partial charge in [0.2, 0.25) is 5.91 Å². The Labute approximate surface area is 139 Å². The number of ether oxygens (including phenoxy) is 1. The summed E-state index contributed by atoms with van der Waals surface area (Å²) in [5.41, 5.74) is 1.22. The van der Waals surface area contributed by atoms with Crippen LogP contribution in [0, 0.1) is 5.92 Å². The van der Waals surface area contributed by atoms with Crippen LogP contribution in [0.1, 0.15) is 44.7 Å². The first-order valence-corrected chi connectivity index (χ1v) is 8.63. The highest BCUT2D eigenvalue weighted by atomic mass is 16.5. The zero-order valence-corrected chi connectivity index (χ0v) is 14.5. The maximum absolute atomic E-state index is 12.2. The van der Waals surface area contributed by atoms with Gasteiger partial charge in [0.25, 0.3) is 0 Å². The monoisotopic (exact) mass is 319 g/mol. The van der Waals surface area contributed by atoms with Gasteiger partial charge in [-0.3, -0.25) is 14.7 Å². The van der Waals surface area contributed by atoms with E-state index in [0.717, 1.165) is 25.8 Å². The lowest BCUT2D eigenvalue weighted by Gasteiger charge is -2.26. The van der Waals surface area contributed by atoms with E-state index in [0.29, 0.717) is 25.1 Å². The minimum Gasteiger partial charge on any atom is -0.369 e. The first-order chi connectivity index (χ1) is 11.1. The van der Waals surface area contributed by atoms with Crippen LogP contribution < -0.4 is 5.32 Å². The van der Waals surface area contributed by atoms with E-state index < -0.39 is 0 Å². The first-order valence-electron chi connectivity index (χ1n) is 8.63. The van der Waals surface area contributed by atoms with E-state index in [1.165, 1.54) is 5.56 Å². The highest BCUT2D eigenvalue weighted by Crippen LogP contribution is 2.35. The predicted molar refractivity (Wildman–Crippen MR) is 91.0 cm³/mol. The fraction of sp³-hybridized carbons (Fsp3) is 0.667. The molecule has 1 aromatic rings. The van der Waals surface area contributed by atoms with Gasteiger partial charge >= 0.3 is 0 Å². The summed E-state index contributed by atoms with van der Waals surface area (Å²) >= 11 is 0. The maximum atomic E-state index is 12.2. The third-order valence-electron chi connectivity index (χ3n) is 4.57. The molecule has 0 aromatic carbocycles. The highest BCUT2D eigenvalue weighted by molar-refractivity contribution is 5.80. The minimum absolute atomic E-state index is 0.0133. The largest absolute Gasteiger partial charge is 0.369 e. The Kier molecular flexibility index (Phi) is 6.99. The summed E-state index contributed by atoms with van der Waals surface area (Å²) in [4.78, 5) is 18.7. The number of hydrogen-bond acceptors (Lipinski definition) is 4. The van der Waals surface area contributed by atoms with Gasteiger partial charge < -0.3 is 10.1 Å². The summed E-state index contributed by atoms with van der Waals surface area (Å²) in [6.45, 7) is 6.32. The normalized spacial score (nSPS) is 22.9. The van der Waals surface area contributed by atoms with Crippen molar-refractivity contribution < 1.29 is 9.53 Å². The van der Waals surface area contributed by atoms with Gasteiger partial charge in [0.15, 0.2) is 0 Å². The average molecular weight is 319 g/mol. The lowest BCUT2D eigenvalue weighted by atomic mass is 9.94. The van der Waals surface area contributed by atoms with Crippen LogP contribution in [0.2, 0.25) is 0 Å². The number of nitrogens with zero attached hydrogens (tertiary/aromatic N) is 2. The number of amides is 1. The maximum Gasteiger partial charge on any atom is 0.248 e. The van der Waals surface area contributed by atoms with Gasteiger partial charge in [-0.2, -0.15) is 0 Å². The molecule has 1 saturated heterocycles. The highest BCUT2D eigenvalue weighted by Gasteiger charge is 2.33. The van der Waals surface area contributed by atoms with Gasteiger partial charge in [-0.05, 0) is 50.9 Å². The van der Waals surface area contributed by atoms with Crippen LogP contribution in [0.3, 0.4) is 0 Å². The summed E-state index contributed by atoms with van der Waals surface area (Å²) < 4.78 is 5.56. The number of unbranched alkanes of at least 4 members (excludes halogenated alkanes) is 1. The van der Waals surface area contributed by atoms with Crippen molar-refractivity contribution in [2.24, 2.45) is 5.92 Å². The Balaban J connectivity index is 1.85. The van der Waals surface area contributed by atoms with Crippen molar-refractivity contribution in [1.29, 1.82) is 0 Å². The van der Waals surface area contributed by atoms with Crippen molar-refractivity contribution in [2.45, 2.75) is 45.3 Å². The molecule has 5 heteroatoms. The van der Waals surface area contributed by atoms with E-state index in [9.17, 15) is 4.79 Å². The lowest BCUT2D eigenvalue weighted by molar-refractivity contribution is -0.132. The van der Waals surface area contributed by atoms with Crippen molar-refractivity contribution >= 4 is 5.91 Å². The van der Waals surface area contributed by atoms with Crippen LogP contribution in [-0.4, -0.2) is 48.6 Å². The molecular formula is C18H29N3O2. The second kappa shape index (κ2) is 8.99. The van der Waals surface area contributed by atoms with Crippen LogP contribution in [0.4, 0.5) is 0 Å². The van der Waals surface area contributed by atoms with Crippen LogP contribution in [0.15, 0.2) is 24.5 Å². The van der Waals surface area contributed by atoms with Crippen molar-refractivity contribution in [3.63, 3.8) is 0 Å². The molecule has 2 heterocycles. The molecule has 0 radical (unpaired) electrons. The lowest BCUT2D eigenvalue weighted by Crippen LogP contribution is -2.38. The van der Waals surface area contributed by atoms with Crippen LogP contribution >= 0.6 is 0 Å². The Hall–Kier alpha value is -1.46. The SMILES string of the molecule is CCCCO[C@@H](C)C(=O)NC[C@@H]1CCN(C)[C@H]1c1cccnc1. The quantitative estimate of drug-likeness (QED) is 0.748. The molecule has 23 heavy (non-hydrogen) atoms. The summed E-state index contributed by atoms with van der Waals surface area (Å²) in [6, 6.07) is 4.41. The van der Waals surface area contributed by atoms with Crippen molar-refractivity contribution in [3.05, 3.63) is 30.1 Å². The summed E-state index contributed by atoms with van der Waals surface area (Å²) in [5, 5.41) is 3.06. The molecule has 128 valence electrons. The van der Waals surface area contributed by atoms with Gasteiger partial charge in [-0.1, -0.05) is 19.4 Å². The molecule has 0 unspecified atom stereocenters. The van der Waals surface area contributed by atoms with E-state index in [2.05, 4.69) is 35.2 Å². The summed E-state index contributed by atoms with van der Waals surface area (Å²) in [6.07, 6.45) is 6.51. The molecule has 0 spiro atoms. The standard InChI is InChI=1S/C18H29N3O2/c1-4-5-11-23-14(2)18(22)20-13-16-8-10-21(3)17(16)15-7-6-9-19-12-15/h6-7,9,12,14,16-17H,4-5,8,10-11,13H2,1-3H3,(H,20,22)/t14-,16-,17-/m0/s1. The molecular weight excluding hydrogens is 290 g/mol. The molecule has 1 aromatic heterocycles. The van der Waals surface area contributed by atoms with Crippen LogP contribution in [0.25, 0.3) is 0 Å². The molecule has 1 amide bonds. The number of hydrogen-bond donors (Lipinski definition) is 1. The van der Waals surface area contributed by atoms with Gasteiger partial charge in [0.1, 0.15) is 6.10 Å². The van der Waals surface area contributed by atoms with E-state index >= 15 is 0 Å². The molecule has 1 aliphatic rings. The molecule has 0 bridgehead atoms. The summed E-state index contributed by atoms with van der Waals surface area (Å²) in [5.74, 6) is 0.400. The molecule has 1 N–H and O–H groups in total. The second-order valence-electron chi connectivity index (χ2n) is 6.37. The number of aromatic nitrogens is 1. The van der Waals surface area contributed by atoms with Crippen molar-refractivity contribution in [2.75, 3.05) is 26.7 Å². The van der Waals surface area contributed by atoms with Gasteiger partial charge in [-0.15, -0.1) is 0 Å². The Morgan fingerprint density at radius 1 is 1.57 bits per heavy atom. The topological polar surface area (TPSA) is 54.5 Å². The number of likely N-dealkylation sites (tertiary alicyclic amines) is 1. The summed E-state index contributed by atoms with van der Waals surface area (Å²) in [7, 11) is 2.13. The third-order valence-corrected chi connectivity index (χ3v) is 4.57. The van der Waals surface area contributed by atoms with Crippen molar-refractivity contribution in [3.8, 4) is 0 Å². The molecule has 1 aliphatic heterocycles. The number of carbonyl (C=O) groups is 1. The van der Waals surface area contributed by atoms with Crippen molar-refractivity contribution in [1.82, 2.24) is 15.2 Å². The molecule has 1 fully saturated rings. The molecule has 0 saturated carbocycles. The average Bonchev–Trinajstić information content (AvgIpc) is 2.94. The molecule has 5 nitrogen and oxygen atoms in total. The minimum atomic E-state index is -0.377. The van der Waals surface area contributed by atoms with Gasteiger partial charge in [0.05, 0.1) is 0 Å². The van der Waals surface area contributed by atoms with Crippen LogP contribution in [0.5, 0.6) is 0 Å². The number of pyridine rings is 1. The number of carbonyl (C=O) groups excluding carboxylic acids is 1. The number of rotatable bonds is 8. The zero-order chi connectivity index (χ0) is 16.7. The predicted octanol–water partition coefficient (Wildman–Crippen LogP) is 2.40. The fourth-order valence-corrected chi connectivity index (χ4v) is 3.17. The first kappa shape index (κ1) is 17.9. The van der Waals surface area contributed by atoms with Gasteiger partial charge in [-0.25, -0.2) is 0 Å².